The Morgan fingerprint density at radius 1 is 1.20 bits per heavy atom. The fraction of sp³-hybridized carbons (Fsp3) is 1.00. The maximum absolute atomic E-state index is 10.6. The molecule has 1 aliphatic rings. The molecule has 0 saturated heterocycles. The van der Waals surface area contributed by atoms with Gasteiger partial charge in [-0.3, -0.25) is 0 Å². The zero-order valence-electron chi connectivity index (χ0n) is 10.9. The molecule has 0 aromatic rings. The van der Waals surface area contributed by atoms with Gasteiger partial charge < -0.3 is 5.11 Å². The summed E-state index contributed by atoms with van der Waals surface area (Å²) < 4.78 is 0. The van der Waals surface area contributed by atoms with Crippen LogP contribution in [0.4, 0.5) is 0 Å². The van der Waals surface area contributed by atoms with Crippen molar-refractivity contribution >= 4 is 0 Å². The monoisotopic (exact) mass is 212 g/mol. The van der Waals surface area contributed by atoms with Gasteiger partial charge in [0.2, 0.25) is 0 Å². The van der Waals surface area contributed by atoms with Gasteiger partial charge in [-0.1, -0.05) is 40.5 Å². The second kappa shape index (κ2) is 5.34. The van der Waals surface area contributed by atoms with Gasteiger partial charge in [-0.25, -0.2) is 0 Å². The Balaban J connectivity index is 2.52. The van der Waals surface area contributed by atoms with Crippen molar-refractivity contribution in [3.8, 4) is 0 Å². The van der Waals surface area contributed by atoms with E-state index in [2.05, 4.69) is 27.7 Å². The summed E-state index contributed by atoms with van der Waals surface area (Å²) in [5.41, 5.74) is -0.345. The Labute approximate surface area is 95.3 Å². The molecule has 1 rings (SSSR count). The minimum atomic E-state index is -0.345. The SMILES string of the molecule is CCC(CC)CC1(O)CCC(C)C(C)C1. The third kappa shape index (κ3) is 3.48. The van der Waals surface area contributed by atoms with E-state index in [1.165, 1.54) is 19.3 Å². The van der Waals surface area contributed by atoms with Crippen LogP contribution < -0.4 is 0 Å². The van der Waals surface area contributed by atoms with Gasteiger partial charge >= 0.3 is 0 Å². The summed E-state index contributed by atoms with van der Waals surface area (Å²) in [5, 5.41) is 10.6. The predicted molar refractivity (Wildman–Crippen MR) is 65.8 cm³/mol. The highest BCUT2D eigenvalue weighted by Crippen LogP contribution is 2.40. The first-order valence-electron chi connectivity index (χ1n) is 6.73. The van der Waals surface area contributed by atoms with Crippen LogP contribution in [0.3, 0.4) is 0 Å². The summed E-state index contributed by atoms with van der Waals surface area (Å²) in [5.74, 6) is 2.21. The minimum Gasteiger partial charge on any atom is -0.390 e. The quantitative estimate of drug-likeness (QED) is 0.747. The van der Waals surface area contributed by atoms with Gasteiger partial charge in [0.05, 0.1) is 5.60 Å². The second-order valence-corrected chi connectivity index (χ2v) is 5.81. The lowest BCUT2D eigenvalue weighted by Crippen LogP contribution is -2.39. The topological polar surface area (TPSA) is 20.2 Å². The normalized spacial score (nSPS) is 37.2. The highest BCUT2D eigenvalue weighted by molar-refractivity contribution is 4.89. The van der Waals surface area contributed by atoms with Crippen molar-refractivity contribution in [2.45, 2.75) is 71.8 Å². The Kier molecular flexibility index (Phi) is 4.64. The average Bonchev–Trinajstić information content (AvgIpc) is 2.21. The molecule has 90 valence electrons. The van der Waals surface area contributed by atoms with Crippen LogP contribution in [0.25, 0.3) is 0 Å². The van der Waals surface area contributed by atoms with E-state index in [-0.39, 0.29) is 5.60 Å². The molecule has 0 radical (unpaired) electrons. The number of rotatable bonds is 4. The molecular weight excluding hydrogens is 184 g/mol. The van der Waals surface area contributed by atoms with Crippen LogP contribution in [0.2, 0.25) is 0 Å². The van der Waals surface area contributed by atoms with Gasteiger partial charge in [-0.05, 0) is 43.4 Å². The van der Waals surface area contributed by atoms with Crippen LogP contribution in [0.1, 0.15) is 66.2 Å². The van der Waals surface area contributed by atoms with Gasteiger partial charge in [-0.15, -0.1) is 0 Å². The number of aliphatic hydroxyl groups is 1. The highest BCUT2D eigenvalue weighted by atomic mass is 16.3. The molecule has 1 N–H and O–H groups in total. The van der Waals surface area contributed by atoms with Crippen LogP contribution in [0.15, 0.2) is 0 Å². The molecule has 15 heavy (non-hydrogen) atoms. The third-order valence-corrected chi connectivity index (χ3v) is 4.56. The molecule has 0 bridgehead atoms. The van der Waals surface area contributed by atoms with Crippen LogP contribution in [-0.2, 0) is 0 Å². The lowest BCUT2D eigenvalue weighted by molar-refractivity contribution is -0.0471. The molecule has 0 heterocycles. The minimum absolute atomic E-state index is 0.345. The fourth-order valence-electron chi connectivity index (χ4n) is 2.98. The van der Waals surface area contributed by atoms with Crippen molar-refractivity contribution < 1.29 is 5.11 Å². The molecule has 0 aromatic carbocycles. The summed E-state index contributed by atoms with van der Waals surface area (Å²) >= 11 is 0. The zero-order valence-corrected chi connectivity index (χ0v) is 10.9. The second-order valence-electron chi connectivity index (χ2n) is 5.81. The Morgan fingerprint density at radius 2 is 1.80 bits per heavy atom. The van der Waals surface area contributed by atoms with E-state index in [4.69, 9.17) is 0 Å². The molecule has 1 heteroatoms. The van der Waals surface area contributed by atoms with Crippen molar-refractivity contribution in [2.24, 2.45) is 17.8 Å². The summed E-state index contributed by atoms with van der Waals surface area (Å²) in [6, 6.07) is 0. The van der Waals surface area contributed by atoms with E-state index in [0.29, 0.717) is 5.92 Å². The van der Waals surface area contributed by atoms with E-state index in [9.17, 15) is 5.11 Å². The molecule has 3 atom stereocenters. The number of hydrogen-bond donors (Lipinski definition) is 1. The van der Waals surface area contributed by atoms with E-state index in [1.54, 1.807) is 0 Å². The van der Waals surface area contributed by atoms with Crippen molar-refractivity contribution in [3.05, 3.63) is 0 Å². The standard InChI is InChI=1S/C14H28O/c1-5-13(6-2)10-14(15)8-7-11(3)12(4)9-14/h11-13,15H,5-10H2,1-4H3. The smallest absolute Gasteiger partial charge is 0.0653 e. The van der Waals surface area contributed by atoms with Gasteiger partial charge in [0, 0.05) is 0 Å². The lowest BCUT2D eigenvalue weighted by atomic mass is 9.69. The molecule has 1 aliphatic carbocycles. The zero-order chi connectivity index (χ0) is 11.5. The first-order valence-corrected chi connectivity index (χ1v) is 6.73. The Hall–Kier alpha value is -0.0400. The summed E-state index contributed by atoms with van der Waals surface area (Å²) in [7, 11) is 0. The van der Waals surface area contributed by atoms with E-state index < -0.39 is 0 Å². The van der Waals surface area contributed by atoms with Crippen LogP contribution in [0, 0.1) is 17.8 Å². The maximum atomic E-state index is 10.6. The van der Waals surface area contributed by atoms with Gasteiger partial charge in [0.15, 0.2) is 0 Å². The summed E-state index contributed by atoms with van der Waals surface area (Å²) in [4.78, 5) is 0. The van der Waals surface area contributed by atoms with Gasteiger partial charge in [0.1, 0.15) is 0 Å². The molecular formula is C14H28O. The molecule has 0 amide bonds. The van der Waals surface area contributed by atoms with E-state index >= 15 is 0 Å². The third-order valence-electron chi connectivity index (χ3n) is 4.56. The van der Waals surface area contributed by atoms with Crippen molar-refractivity contribution in [2.75, 3.05) is 0 Å². The van der Waals surface area contributed by atoms with E-state index in [1.807, 2.05) is 0 Å². The van der Waals surface area contributed by atoms with Gasteiger partial charge in [0.25, 0.3) is 0 Å². The molecule has 1 saturated carbocycles. The van der Waals surface area contributed by atoms with Gasteiger partial charge in [-0.2, -0.15) is 0 Å². The summed E-state index contributed by atoms with van der Waals surface area (Å²) in [6.07, 6.45) is 6.69. The molecule has 1 nitrogen and oxygen atoms in total. The van der Waals surface area contributed by atoms with Crippen molar-refractivity contribution in [3.63, 3.8) is 0 Å². The maximum Gasteiger partial charge on any atom is 0.0653 e. The highest BCUT2D eigenvalue weighted by Gasteiger charge is 2.36. The molecule has 3 unspecified atom stereocenters. The van der Waals surface area contributed by atoms with Crippen molar-refractivity contribution in [1.82, 2.24) is 0 Å². The molecule has 0 aromatic heterocycles. The molecule has 1 fully saturated rings. The average molecular weight is 212 g/mol. The van der Waals surface area contributed by atoms with Crippen LogP contribution >= 0.6 is 0 Å². The number of hydrogen-bond acceptors (Lipinski definition) is 1. The van der Waals surface area contributed by atoms with Crippen molar-refractivity contribution in [1.29, 1.82) is 0 Å². The van der Waals surface area contributed by atoms with Crippen LogP contribution in [-0.4, -0.2) is 10.7 Å². The first-order chi connectivity index (χ1) is 7.00. The summed E-state index contributed by atoms with van der Waals surface area (Å²) in [6.45, 7) is 9.10. The Bertz CT molecular complexity index is 186. The predicted octanol–water partition coefficient (Wildman–Crippen LogP) is 4.00. The Morgan fingerprint density at radius 3 is 2.27 bits per heavy atom. The van der Waals surface area contributed by atoms with Crippen LogP contribution in [0.5, 0.6) is 0 Å². The molecule has 0 spiro atoms. The lowest BCUT2D eigenvalue weighted by Gasteiger charge is -2.40. The van der Waals surface area contributed by atoms with E-state index in [0.717, 1.165) is 31.1 Å². The largest absolute Gasteiger partial charge is 0.390 e. The first kappa shape index (κ1) is 13.0. The fourth-order valence-corrected chi connectivity index (χ4v) is 2.98. The molecule has 0 aliphatic heterocycles.